The fourth-order valence-corrected chi connectivity index (χ4v) is 3.62. The van der Waals surface area contributed by atoms with Crippen LogP contribution in [0.4, 0.5) is 5.69 Å². The first-order valence-corrected chi connectivity index (χ1v) is 8.21. The van der Waals surface area contributed by atoms with Crippen LogP contribution in [0.5, 0.6) is 0 Å². The van der Waals surface area contributed by atoms with Gasteiger partial charge in [-0.3, -0.25) is 4.72 Å². The van der Waals surface area contributed by atoms with Crippen molar-refractivity contribution in [1.29, 1.82) is 0 Å². The maximum absolute atomic E-state index is 12.3. The number of aromatic nitrogens is 1. The van der Waals surface area contributed by atoms with Crippen LogP contribution in [0.2, 0.25) is 5.15 Å². The number of rotatable bonds is 3. The minimum atomic E-state index is -3.54. The minimum absolute atomic E-state index is 0.170. The number of halogens is 1. The van der Waals surface area contributed by atoms with Crippen molar-refractivity contribution >= 4 is 27.5 Å². The largest absolute Gasteiger partial charge is 0.301 e. The van der Waals surface area contributed by atoms with E-state index in [1.54, 1.807) is 12.3 Å². The SMILES string of the molecule is Cc1cnc(Cl)c(NS(=O)(=O)N2CCCCCC2)c1. The zero-order chi connectivity index (χ0) is 13.9. The van der Waals surface area contributed by atoms with Crippen LogP contribution < -0.4 is 4.72 Å². The van der Waals surface area contributed by atoms with Gasteiger partial charge in [-0.05, 0) is 31.4 Å². The Hall–Kier alpha value is -0.850. The second kappa shape index (κ2) is 6.07. The summed E-state index contributed by atoms with van der Waals surface area (Å²) in [5.41, 5.74) is 1.20. The molecule has 0 unspecified atom stereocenters. The molecule has 1 aromatic heterocycles. The minimum Gasteiger partial charge on any atom is -0.268 e. The summed E-state index contributed by atoms with van der Waals surface area (Å²) in [4.78, 5) is 3.95. The highest BCUT2D eigenvalue weighted by Crippen LogP contribution is 2.23. The van der Waals surface area contributed by atoms with Gasteiger partial charge in [-0.15, -0.1) is 0 Å². The van der Waals surface area contributed by atoms with Crippen molar-refractivity contribution in [3.63, 3.8) is 0 Å². The van der Waals surface area contributed by atoms with Crippen LogP contribution in [-0.2, 0) is 10.2 Å². The molecule has 1 aliphatic rings. The fraction of sp³-hybridized carbons (Fsp3) is 0.583. The molecule has 106 valence electrons. The Labute approximate surface area is 119 Å². The highest BCUT2D eigenvalue weighted by Gasteiger charge is 2.23. The maximum atomic E-state index is 12.3. The Morgan fingerprint density at radius 2 is 1.89 bits per heavy atom. The first-order valence-electron chi connectivity index (χ1n) is 6.39. The van der Waals surface area contributed by atoms with E-state index in [4.69, 9.17) is 11.6 Å². The van der Waals surface area contributed by atoms with E-state index in [2.05, 4.69) is 9.71 Å². The Kier molecular flexibility index (Phi) is 4.65. The molecule has 0 radical (unpaired) electrons. The molecular formula is C12H18ClN3O2S. The van der Waals surface area contributed by atoms with E-state index in [1.165, 1.54) is 4.31 Å². The summed E-state index contributed by atoms with van der Waals surface area (Å²) in [5.74, 6) is 0. The van der Waals surface area contributed by atoms with Gasteiger partial charge in [0.2, 0.25) is 0 Å². The summed E-state index contributed by atoms with van der Waals surface area (Å²) in [7, 11) is -3.54. The van der Waals surface area contributed by atoms with E-state index < -0.39 is 10.2 Å². The maximum Gasteiger partial charge on any atom is 0.301 e. The zero-order valence-corrected chi connectivity index (χ0v) is 12.5. The molecule has 0 spiro atoms. The van der Waals surface area contributed by atoms with E-state index in [-0.39, 0.29) is 5.15 Å². The van der Waals surface area contributed by atoms with Crippen molar-refractivity contribution < 1.29 is 8.42 Å². The standard InChI is InChI=1S/C12H18ClN3O2S/c1-10-8-11(12(13)14-9-10)15-19(17,18)16-6-4-2-3-5-7-16/h8-9,15H,2-7H2,1H3. The van der Waals surface area contributed by atoms with Gasteiger partial charge in [0, 0.05) is 19.3 Å². The van der Waals surface area contributed by atoms with Crippen LogP contribution in [-0.4, -0.2) is 30.8 Å². The molecule has 1 N–H and O–H groups in total. The van der Waals surface area contributed by atoms with Gasteiger partial charge >= 0.3 is 10.2 Å². The summed E-state index contributed by atoms with van der Waals surface area (Å²) in [5, 5.41) is 0.170. The zero-order valence-electron chi connectivity index (χ0n) is 10.9. The second-order valence-corrected chi connectivity index (χ2v) is 6.80. The highest BCUT2D eigenvalue weighted by molar-refractivity contribution is 7.90. The normalized spacial score (nSPS) is 18.0. The number of hydrogen-bond donors (Lipinski definition) is 1. The Bertz CT molecular complexity index is 540. The molecule has 0 saturated carbocycles. The van der Waals surface area contributed by atoms with Gasteiger partial charge in [-0.1, -0.05) is 24.4 Å². The Morgan fingerprint density at radius 1 is 1.26 bits per heavy atom. The monoisotopic (exact) mass is 303 g/mol. The molecular weight excluding hydrogens is 286 g/mol. The molecule has 1 aromatic rings. The van der Waals surface area contributed by atoms with Gasteiger partial charge in [0.25, 0.3) is 0 Å². The topological polar surface area (TPSA) is 62.3 Å². The van der Waals surface area contributed by atoms with Gasteiger partial charge in [-0.2, -0.15) is 12.7 Å². The molecule has 5 nitrogen and oxygen atoms in total. The van der Waals surface area contributed by atoms with Crippen LogP contribution in [0.3, 0.4) is 0 Å². The number of nitrogens with zero attached hydrogens (tertiary/aromatic N) is 2. The molecule has 0 bridgehead atoms. The van der Waals surface area contributed by atoms with E-state index in [0.717, 1.165) is 31.2 Å². The highest BCUT2D eigenvalue weighted by atomic mass is 35.5. The Balaban J connectivity index is 2.18. The van der Waals surface area contributed by atoms with Crippen molar-refractivity contribution in [2.24, 2.45) is 0 Å². The molecule has 1 fully saturated rings. The molecule has 0 aliphatic carbocycles. The van der Waals surface area contributed by atoms with Crippen LogP contribution >= 0.6 is 11.6 Å². The fourth-order valence-electron chi connectivity index (χ4n) is 2.11. The van der Waals surface area contributed by atoms with E-state index >= 15 is 0 Å². The lowest BCUT2D eigenvalue weighted by molar-refractivity contribution is 0.427. The van der Waals surface area contributed by atoms with Crippen LogP contribution in [0.15, 0.2) is 12.3 Å². The number of hydrogen-bond acceptors (Lipinski definition) is 3. The summed E-state index contributed by atoms with van der Waals surface area (Å²) in [6, 6.07) is 1.69. The third kappa shape index (κ3) is 3.81. The summed E-state index contributed by atoms with van der Waals surface area (Å²) in [6.45, 7) is 2.96. The molecule has 1 saturated heterocycles. The molecule has 2 rings (SSSR count). The third-order valence-electron chi connectivity index (χ3n) is 3.12. The molecule has 2 heterocycles. The predicted molar refractivity (Wildman–Crippen MR) is 76.6 cm³/mol. The van der Waals surface area contributed by atoms with Crippen molar-refractivity contribution in [2.45, 2.75) is 32.6 Å². The van der Waals surface area contributed by atoms with E-state index in [1.807, 2.05) is 6.92 Å². The first-order chi connectivity index (χ1) is 8.99. The average Bonchev–Trinajstić information content (AvgIpc) is 2.63. The molecule has 0 amide bonds. The van der Waals surface area contributed by atoms with E-state index in [9.17, 15) is 8.42 Å². The molecule has 7 heteroatoms. The lowest BCUT2D eigenvalue weighted by Gasteiger charge is -2.21. The molecule has 19 heavy (non-hydrogen) atoms. The molecule has 0 aromatic carbocycles. The van der Waals surface area contributed by atoms with Crippen LogP contribution in [0.1, 0.15) is 31.2 Å². The first kappa shape index (κ1) is 14.6. The predicted octanol–water partition coefficient (Wildman–Crippen LogP) is 2.58. The molecule has 1 aliphatic heterocycles. The third-order valence-corrected chi connectivity index (χ3v) is 4.94. The van der Waals surface area contributed by atoms with Crippen molar-refractivity contribution in [1.82, 2.24) is 9.29 Å². The lowest BCUT2D eigenvalue weighted by Crippen LogP contribution is -2.36. The van der Waals surface area contributed by atoms with Gasteiger partial charge < -0.3 is 0 Å². The van der Waals surface area contributed by atoms with Crippen molar-refractivity contribution in [3.8, 4) is 0 Å². The number of nitrogens with one attached hydrogen (secondary N) is 1. The average molecular weight is 304 g/mol. The summed E-state index contributed by atoms with van der Waals surface area (Å²) < 4.78 is 28.6. The van der Waals surface area contributed by atoms with Crippen molar-refractivity contribution in [2.75, 3.05) is 17.8 Å². The molecule has 0 atom stereocenters. The second-order valence-electron chi connectivity index (χ2n) is 4.77. The number of anilines is 1. The van der Waals surface area contributed by atoms with Crippen LogP contribution in [0.25, 0.3) is 0 Å². The van der Waals surface area contributed by atoms with Gasteiger partial charge in [0.05, 0.1) is 5.69 Å². The van der Waals surface area contributed by atoms with Gasteiger partial charge in [0.15, 0.2) is 5.15 Å². The van der Waals surface area contributed by atoms with Gasteiger partial charge in [0.1, 0.15) is 0 Å². The Morgan fingerprint density at radius 3 is 2.53 bits per heavy atom. The quantitative estimate of drug-likeness (QED) is 0.873. The summed E-state index contributed by atoms with van der Waals surface area (Å²) >= 11 is 5.92. The lowest BCUT2D eigenvalue weighted by atomic mass is 10.2. The number of pyridine rings is 1. The van der Waals surface area contributed by atoms with Crippen molar-refractivity contribution in [3.05, 3.63) is 23.0 Å². The van der Waals surface area contributed by atoms with Crippen LogP contribution in [0, 0.1) is 6.92 Å². The smallest absolute Gasteiger partial charge is 0.268 e. The summed E-state index contributed by atoms with van der Waals surface area (Å²) in [6.07, 6.45) is 5.57. The van der Waals surface area contributed by atoms with E-state index in [0.29, 0.717) is 18.8 Å². The van der Waals surface area contributed by atoms with Gasteiger partial charge in [-0.25, -0.2) is 4.98 Å². The number of aryl methyl sites for hydroxylation is 1.